The Morgan fingerprint density at radius 2 is 1.54 bits per heavy atom. The molecule has 0 unspecified atom stereocenters. The summed E-state index contributed by atoms with van der Waals surface area (Å²) in [6.45, 7) is 9.06. The Morgan fingerprint density at radius 3 is 2.12 bits per heavy atom. The topological polar surface area (TPSA) is 96.0 Å². The van der Waals surface area contributed by atoms with Gasteiger partial charge < -0.3 is 15.0 Å². The third kappa shape index (κ3) is 9.75. The second kappa shape index (κ2) is 15.9. The number of sulfonamides is 1. The molecule has 11 heteroatoms. The highest BCUT2D eigenvalue weighted by Gasteiger charge is 2.36. The second-order valence-corrected chi connectivity index (χ2v) is 15.2. The van der Waals surface area contributed by atoms with Crippen LogP contribution in [0.3, 0.4) is 0 Å². The number of hydrogen-bond acceptors (Lipinski definition) is 5. The van der Waals surface area contributed by atoms with E-state index < -0.39 is 34.1 Å². The maximum atomic E-state index is 14.6. The fourth-order valence-electron chi connectivity index (χ4n) is 5.08. The minimum atomic E-state index is -4.26. The molecule has 4 aromatic rings. The van der Waals surface area contributed by atoms with Gasteiger partial charge in [-0.1, -0.05) is 77.3 Å². The molecule has 0 heterocycles. The second-order valence-electron chi connectivity index (χ2n) is 12.5. The van der Waals surface area contributed by atoms with Gasteiger partial charge in [-0.25, -0.2) is 8.42 Å². The van der Waals surface area contributed by atoms with Gasteiger partial charge in [0.1, 0.15) is 18.3 Å². The number of carbonyl (C=O) groups is 2. The van der Waals surface area contributed by atoms with E-state index in [9.17, 15) is 18.0 Å². The molecule has 0 aliphatic carbocycles. The van der Waals surface area contributed by atoms with Gasteiger partial charge >= 0.3 is 0 Å². The fourth-order valence-corrected chi connectivity index (χ4v) is 6.96. The van der Waals surface area contributed by atoms with Gasteiger partial charge in [0, 0.05) is 28.5 Å². The molecule has 0 aromatic heterocycles. The number of carbonyl (C=O) groups excluding carboxylic acids is 2. The van der Waals surface area contributed by atoms with Crippen LogP contribution in [0.4, 0.5) is 5.69 Å². The Hall–Kier alpha value is -4.05. The Bertz CT molecular complexity index is 1810. The van der Waals surface area contributed by atoms with Crippen LogP contribution in [0.5, 0.6) is 5.75 Å². The molecule has 8 nitrogen and oxygen atoms in total. The number of halogens is 2. The highest BCUT2D eigenvalue weighted by molar-refractivity contribution is 7.92. The Morgan fingerprint density at radius 1 is 0.896 bits per heavy atom. The third-order valence-electron chi connectivity index (χ3n) is 7.45. The highest BCUT2D eigenvalue weighted by Crippen LogP contribution is 2.28. The van der Waals surface area contributed by atoms with Gasteiger partial charge in [-0.2, -0.15) is 0 Å². The molecular weight excluding hydrogens is 669 g/mol. The van der Waals surface area contributed by atoms with E-state index in [4.69, 9.17) is 27.9 Å². The number of nitrogens with zero attached hydrogens (tertiary/aromatic N) is 2. The van der Waals surface area contributed by atoms with Crippen molar-refractivity contribution in [3.8, 4) is 5.75 Å². The van der Waals surface area contributed by atoms with E-state index in [1.165, 1.54) is 17.0 Å². The van der Waals surface area contributed by atoms with Crippen molar-refractivity contribution in [3.63, 3.8) is 0 Å². The summed E-state index contributed by atoms with van der Waals surface area (Å²) in [6, 6.07) is 26.2. The van der Waals surface area contributed by atoms with Crippen LogP contribution in [0, 0.1) is 6.92 Å². The summed E-state index contributed by atoms with van der Waals surface area (Å²) in [6.07, 6.45) is 0.176. The lowest BCUT2D eigenvalue weighted by molar-refractivity contribution is -0.140. The van der Waals surface area contributed by atoms with Gasteiger partial charge in [-0.05, 0) is 94.3 Å². The first kappa shape index (κ1) is 36.8. The SMILES string of the molecule is CCOc1ccc(S(=O)(=O)N(CC(=O)N(Cc2ccc(Cl)cc2Cl)[C@H](Cc2ccccc2)C(=O)NC(C)(C)C)c2ccc(C)cc2)cc1. The number of hydrogen-bond donors (Lipinski definition) is 1. The van der Waals surface area contributed by atoms with Crippen LogP contribution in [-0.2, 0) is 32.6 Å². The Kier molecular flexibility index (Phi) is 12.2. The average molecular weight is 711 g/mol. The van der Waals surface area contributed by atoms with Crippen molar-refractivity contribution in [2.75, 3.05) is 17.5 Å². The Labute approximate surface area is 293 Å². The summed E-state index contributed by atoms with van der Waals surface area (Å²) in [5.41, 5.74) is 1.98. The maximum Gasteiger partial charge on any atom is 0.264 e. The van der Waals surface area contributed by atoms with Crippen LogP contribution in [-0.4, -0.2) is 49.9 Å². The number of anilines is 1. The minimum absolute atomic E-state index is 0.0158. The number of amides is 2. The summed E-state index contributed by atoms with van der Waals surface area (Å²) in [4.78, 5) is 30.1. The predicted octanol–water partition coefficient (Wildman–Crippen LogP) is 7.45. The number of nitrogens with one attached hydrogen (secondary N) is 1. The van der Waals surface area contributed by atoms with Gasteiger partial charge in [0.2, 0.25) is 11.8 Å². The molecule has 0 radical (unpaired) electrons. The Balaban J connectivity index is 1.82. The van der Waals surface area contributed by atoms with Gasteiger partial charge in [0.15, 0.2) is 0 Å². The van der Waals surface area contributed by atoms with E-state index in [1.807, 2.05) is 65.0 Å². The van der Waals surface area contributed by atoms with Crippen molar-refractivity contribution in [2.45, 2.75) is 64.1 Å². The van der Waals surface area contributed by atoms with Crippen molar-refractivity contribution < 1.29 is 22.7 Å². The molecule has 0 bridgehead atoms. The van der Waals surface area contributed by atoms with Crippen LogP contribution in [0.1, 0.15) is 44.4 Å². The number of benzene rings is 4. The molecule has 1 atom stereocenters. The molecule has 0 spiro atoms. The monoisotopic (exact) mass is 709 g/mol. The number of ether oxygens (including phenoxy) is 1. The zero-order valence-electron chi connectivity index (χ0n) is 27.7. The van der Waals surface area contributed by atoms with Gasteiger partial charge in [0.25, 0.3) is 10.0 Å². The molecule has 4 rings (SSSR count). The summed E-state index contributed by atoms with van der Waals surface area (Å²) < 4.78 is 35.1. The summed E-state index contributed by atoms with van der Waals surface area (Å²) in [5, 5.41) is 3.75. The molecule has 4 aromatic carbocycles. The summed E-state index contributed by atoms with van der Waals surface area (Å²) >= 11 is 12.8. The van der Waals surface area contributed by atoms with E-state index >= 15 is 0 Å². The van der Waals surface area contributed by atoms with Gasteiger partial charge in [-0.15, -0.1) is 0 Å². The lowest BCUT2D eigenvalue weighted by atomic mass is 10.0. The van der Waals surface area contributed by atoms with Crippen molar-refractivity contribution in [1.29, 1.82) is 0 Å². The van der Waals surface area contributed by atoms with E-state index in [0.717, 1.165) is 15.4 Å². The highest BCUT2D eigenvalue weighted by atomic mass is 35.5. The fraction of sp³-hybridized carbons (Fsp3) is 0.297. The lowest BCUT2D eigenvalue weighted by Crippen LogP contribution is -2.56. The van der Waals surface area contributed by atoms with Crippen LogP contribution >= 0.6 is 23.2 Å². The van der Waals surface area contributed by atoms with Gasteiger partial charge in [-0.3, -0.25) is 13.9 Å². The molecular formula is C37H41Cl2N3O5S. The molecule has 0 aliphatic rings. The lowest BCUT2D eigenvalue weighted by Gasteiger charge is -2.35. The largest absolute Gasteiger partial charge is 0.494 e. The minimum Gasteiger partial charge on any atom is -0.494 e. The first-order valence-electron chi connectivity index (χ1n) is 15.6. The van der Waals surface area contributed by atoms with E-state index in [0.29, 0.717) is 33.7 Å². The predicted molar refractivity (Wildman–Crippen MR) is 192 cm³/mol. The molecule has 1 N–H and O–H groups in total. The molecule has 2 amide bonds. The zero-order chi connectivity index (χ0) is 35.1. The van der Waals surface area contributed by atoms with Crippen molar-refractivity contribution in [2.24, 2.45) is 0 Å². The summed E-state index contributed by atoms with van der Waals surface area (Å²) in [5.74, 6) is -0.462. The first-order valence-corrected chi connectivity index (χ1v) is 17.8. The molecule has 0 aliphatic heterocycles. The maximum absolute atomic E-state index is 14.6. The summed E-state index contributed by atoms with van der Waals surface area (Å²) in [7, 11) is -4.26. The van der Waals surface area contributed by atoms with Crippen LogP contribution in [0.25, 0.3) is 0 Å². The van der Waals surface area contributed by atoms with E-state index in [-0.39, 0.29) is 23.8 Å². The quantitative estimate of drug-likeness (QED) is 0.156. The zero-order valence-corrected chi connectivity index (χ0v) is 30.1. The standard InChI is InChI=1S/C37H41Cl2N3O5S/c1-6-47-31-18-20-32(21-19-31)48(45,46)42(30-16-12-26(2)13-17-30)25-35(43)41(24-28-14-15-29(38)23-33(28)39)34(36(44)40-37(3,4)5)22-27-10-8-7-9-11-27/h7-21,23,34H,6,22,24-25H2,1-5H3,(H,40,44)/t34-/m1/s1. The first-order chi connectivity index (χ1) is 22.7. The molecule has 0 saturated carbocycles. The van der Waals surface area contributed by atoms with Crippen molar-refractivity contribution in [3.05, 3.63) is 124 Å². The van der Waals surface area contributed by atoms with Crippen LogP contribution < -0.4 is 14.4 Å². The van der Waals surface area contributed by atoms with E-state index in [2.05, 4.69) is 5.32 Å². The smallest absolute Gasteiger partial charge is 0.264 e. The van der Waals surface area contributed by atoms with Crippen LogP contribution in [0.2, 0.25) is 10.0 Å². The number of rotatable bonds is 13. The normalized spacial score (nSPS) is 12.2. The molecule has 254 valence electrons. The third-order valence-corrected chi connectivity index (χ3v) is 9.82. The number of aryl methyl sites for hydroxylation is 1. The van der Waals surface area contributed by atoms with Gasteiger partial charge in [0.05, 0.1) is 17.2 Å². The van der Waals surface area contributed by atoms with E-state index in [1.54, 1.807) is 54.6 Å². The van der Waals surface area contributed by atoms with Crippen LogP contribution in [0.15, 0.2) is 102 Å². The molecule has 48 heavy (non-hydrogen) atoms. The average Bonchev–Trinajstić information content (AvgIpc) is 3.03. The van der Waals surface area contributed by atoms with Crippen molar-refractivity contribution >= 4 is 50.7 Å². The van der Waals surface area contributed by atoms with Crippen molar-refractivity contribution in [1.82, 2.24) is 10.2 Å². The molecule has 0 saturated heterocycles. The molecule has 0 fully saturated rings.